The Morgan fingerprint density at radius 3 is 2.36 bits per heavy atom. The summed E-state index contributed by atoms with van der Waals surface area (Å²) < 4.78 is 25.3. The van der Waals surface area contributed by atoms with Crippen LogP contribution in [-0.2, 0) is 10.0 Å². The van der Waals surface area contributed by atoms with Crippen molar-refractivity contribution in [3.05, 3.63) is 0 Å². The fraction of sp³-hybridized carbons (Fsp3) is 1.00. The van der Waals surface area contributed by atoms with Crippen LogP contribution in [-0.4, -0.2) is 31.2 Å². The summed E-state index contributed by atoms with van der Waals surface area (Å²) in [5.74, 6) is 0.174. The van der Waals surface area contributed by atoms with Gasteiger partial charge in [0.15, 0.2) is 0 Å². The van der Waals surface area contributed by atoms with Crippen molar-refractivity contribution in [2.24, 2.45) is 11.1 Å². The quantitative estimate of drug-likeness (QED) is 0.746. The zero-order valence-electron chi connectivity index (χ0n) is 9.16. The number of hydrogen-bond acceptors (Lipinski definition) is 3. The Labute approximate surface area is 86.5 Å². The van der Waals surface area contributed by atoms with Gasteiger partial charge in [-0.25, -0.2) is 8.42 Å². The summed E-state index contributed by atoms with van der Waals surface area (Å²) in [6.45, 7) is 6.35. The maximum absolute atomic E-state index is 11.9. The summed E-state index contributed by atoms with van der Waals surface area (Å²) in [5, 5.41) is 0. The van der Waals surface area contributed by atoms with E-state index in [2.05, 4.69) is 0 Å². The number of nitrogens with zero attached hydrogens (tertiary/aromatic N) is 1. The van der Waals surface area contributed by atoms with Gasteiger partial charge in [0.2, 0.25) is 10.0 Å². The second-order valence-electron chi connectivity index (χ2n) is 5.14. The molecule has 1 heterocycles. The molecule has 1 rings (SSSR count). The summed E-state index contributed by atoms with van der Waals surface area (Å²) in [7, 11) is -3.16. The van der Waals surface area contributed by atoms with Crippen molar-refractivity contribution in [1.29, 1.82) is 0 Å². The molecule has 1 saturated heterocycles. The molecule has 0 spiro atoms. The molecule has 4 nitrogen and oxygen atoms in total. The molecule has 14 heavy (non-hydrogen) atoms. The van der Waals surface area contributed by atoms with Crippen LogP contribution in [0.1, 0.15) is 33.6 Å². The maximum Gasteiger partial charge on any atom is 0.215 e. The highest BCUT2D eigenvalue weighted by molar-refractivity contribution is 7.89. The number of sulfonamides is 1. The van der Waals surface area contributed by atoms with Gasteiger partial charge < -0.3 is 5.73 Å². The van der Waals surface area contributed by atoms with Gasteiger partial charge in [0, 0.05) is 6.54 Å². The van der Waals surface area contributed by atoms with Crippen molar-refractivity contribution in [1.82, 2.24) is 4.31 Å². The Bertz CT molecular complexity index is 292. The summed E-state index contributed by atoms with van der Waals surface area (Å²) in [6, 6.07) is 0. The lowest BCUT2D eigenvalue weighted by Gasteiger charge is -2.25. The normalized spacial score (nSPS) is 25.6. The Morgan fingerprint density at radius 1 is 1.43 bits per heavy atom. The van der Waals surface area contributed by atoms with E-state index >= 15 is 0 Å². The fourth-order valence-electron chi connectivity index (χ4n) is 1.74. The van der Waals surface area contributed by atoms with Crippen LogP contribution in [0, 0.1) is 5.41 Å². The molecule has 1 unspecified atom stereocenters. The Kier molecular flexibility index (Phi) is 3.23. The average Bonchev–Trinajstić information content (AvgIpc) is 2.29. The molecule has 0 saturated carbocycles. The lowest BCUT2D eigenvalue weighted by molar-refractivity contribution is 0.377. The van der Waals surface area contributed by atoms with Crippen LogP contribution < -0.4 is 5.73 Å². The van der Waals surface area contributed by atoms with Gasteiger partial charge in [0.05, 0.1) is 11.9 Å². The molecule has 0 aliphatic carbocycles. The number of hydrogen-bond donors (Lipinski definition) is 1. The first-order chi connectivity index (χ1) is 6.22. The summed E-state index contributed by atoms with van der Waals surface area (Å²) >= 11 is 0. The lowest BCUT2D eigenvalue weighted by atomic mass is 10.0. The van der Waals surface area contributed by atoms with Crippen molar-refractivity contribution in [3.63, 3.8) is 0 Å². The molecule has 2 N–H and O–H groups in total. The molecule has 0 aromatic heterocycles. The van der Waals surface area contributed by atoms with Crippen LogP contribution >= 0.6 is 0 Å². The number of nitrogens with two attached hydrogens (primary N) is 1. The first-order valence-electron chi connectivity index (χ1n) is 4.97. The lowest BCUT2D eigenvalue weighted by Crippen LogP contribution is -2.44. The molecule has 0 radical (unpaired) electrons. The summed E-state index contributed by atoms with van der Waals surface area (Å²) in [4.78, 5) is 0. The van der Waals surface area contributed by atoms with E-state index in [0.717, 1.165) is 12.8 Å². The molecule has 0 aromatic carbocycles. The average molecular weight is 220 g/mol. The molecule has 1 aliphatic heterocycles. The second kappa shape index (κ2) is 3.79. The minimum atomic E-state index is -3.16. The molecule has 0 bridgehead atoms. The minimum Gasteiger partial charge on any atom is -0.315 e. The van der Waals surface area contributed by atoms with Crippen molar-refractivity contribution in [2.75, 3.05) is 12.3 Å². The summed E-state index contributed by atoms with van der Waals surface area (Å²) in [5.41, 5.74) is 5.52. The highest BCUT2D eigenvalue weighted by Crippen LogP contribution is 2.23. The minimum absolute atomic E-state index is 0.174. The van der Waals surface area contributed by atoms with Gasteiger partial charge >= 0.3 is 0 Å². The van der Waals surface area contributed by atoms with Gasteiger partial charge in [-0.2, -0.15) is 4.31 Å². The molecule has 84 valence electrons. The van der Waals surface area contributed by atoms with Crippen LogP contribution in [0.5, 0.6) is 0 Å². The summed E-state index contributed by atoms with van der Waals surface area (Å²) in [6.07, 6.45) is 1.36. The van der Waals surface area contributed by atoms with E-state index in [4.69, 9.17) is 5.73 Å². The third-order valence-electron chi connectivity index (χ3n) is 2.22. The molecular weight excluding hydrogens is 200 g/mol. The molecule has 1 fully saturated rings. The van der Waals surface area contributed by atoms with Crippen LogP contribution in [0.3, 0.4) is 0 Å². The monoisotopic (exact) mass is 220 g/mol. The van der Waals surface area contributed by atoms with Gasteiger partial charge in [-0.05, 0) is 18.3 Å². The Morgan fingerprint density at radius 2 is 2.00 bits per heavy atom. The molecule has 0 amide bonds. The standard InChI is InChI=1S/C9H20N2O2S/c1-9(2,3)7-14(12,13)11-6-4-5-8(11)10/h8H,4-7,10H2,1-3H3. The van der Waals surface area contributed by atoms with E-state index in [-0.39, 0.29) is 17.3 Å². The zero-order valence-corrected chi connectivity index (χ0v) is 9.97. The van der Waals surface area contributed by atoms with Crippen molar-refractivity contribution < 1.29 is 8.42 Å². The van der Waals surface area contributed by atoms with Crippen molar-refractivity contribution in [3.8, 4) is 0 Å². The van der Waals surface area contributed by atoms with Crippen LogP contribution in [0.4, 0.5) is 0 Å². The smallest absolute Gasteiger partial charge is 0.215 e. The Hall–Kier alpha value is -0.130. The largest absolute Gasteiger partial charge is 0.315 e. The topological polar surface area (TPSA) is 63.4 Å². The SMILES string of the molecule is CC(C)(C)CS(=O)(=O)N1CCCC1N. The van der Waals surface area contributed by atoms with E-state index in [0.29, 0.717) is 6.54 Å². The third kappa shape index (κ3) is 2.93. The molecule has 5 heteroatoms. The zero-order chi connectivity index (χ0) is 11.0. The van der Waals surface area contributed by atoms with Crippen molar-refractivity contribution >= 4 is 10.0 Å². The molecule has 1 aliphatic rings. The van der Waals surface area contributed by atoms with Gasteiger partial charge in [-0.3, -0.25) is 0 Å². The molecule has 1 atom stereocenters. The van der Waals surface area contributed by atoms with Gasteiger partial charge in [-0.1, -0.05) is 20.8 Å². The van der Waals surface area contributed by atoms with Gasteiger partial charge in [0.25, 0.3) is 0 Å². The van der Waals surface area contributed by atoms with Crippen LogP contribution in [0.15, 0.2) is 0 Å². The maximum atomic E-state index is 11.9. The fourth-order valence-corrected chi connectivity index (χ4v) is 3.93. The predicted molar refractivity (Wildman–Crippen MR) is 57.2 cm³/mol. The second-order valence-corrected chi connectivity index (χ2v) is 7.06. The Balaban J connectivity index is 2.75. The van der Waals surface area contributed by atoms with E-state index in [1.807, 2.05) is 20.8 Å². The molecular formula is C9H20N2O2S. The van der Waals surface area contributed by atoms with E-state index in [1.54, 1.807) is 0 Å². The highest BCUT2D eigenvalue weighted by atomic mass is 32.2. The van der Waals surface area contributed by atoms with E-state index in [9.17, 15) is 8.42 Å². The predicted octanol–water partition coefficient (Wildman–Crippen LogP) is 0.743. The number of rotatable bonds is 2. The molecule has 0 aromatic rings. The van der Waals surface area contributed by atoms with E-state index in [1.165, 1.54) is 4.31 Å². The first kappa shape index (κ1) is 11.9. The van der Waals surface area contributed by atoms with Crippen molar-refractivity contribution in [2.45, 2.75) is 39.8 Å². The van der Waals surface area contributed by atoms with Gasteiger partial charge in [-0.15, -0.1) is 0 Å². The van der Waals surface area contributed by atoms with Crippen LogP contribution in [0.2, 0.25) is 0 Å². The van der Waals surface area contributed by atoms with E-state index < -0.39 is 10.0 Å². The van der Waals surface area contributed by atoms with Gasteiger partial charge in [0.1, 0.15) is 0 Å². The first-order valence-corrected chi connectivity index (χ1v) is 6.58. The highest BCUT2D eigenvalue weighted by Gasteiger charge is 2.34. The third-order valence-corrected chi connectivity index (χ3v) is 4.62. The van der Waals surface area contributed by atoms with Crippen LogP contribution in [0.25, 0.3) is 0 Å².